The molecule has 1 aliphatic rings. The summed E-state index contributed by atoms with van der Waals surface area (Å²) in [5.74, 6) is 0. The summed E-state index contributed by atoms with van der Waals surface area (Å²) < 4.78 is 0. The van der Waals surface area contributed by atoms with Crippen LogP contribution in [0, 0.1) is 0 Å². The molecular weight excluding hydrogens is 136 g/mol. The van der Waals surface area contributed by atoms with Crippen LogP contribution in [0.1, 0.15) is 11.7 Å². The zero-order chi connectivity index (χ0) is 7.52. The van der Waals surface area contributed by atoms with Crippen LogP contribution in [0.5, 0.6) is 0 Å². The van der Waals surface area contributed by atoms with Gasteiger partial charge in [-0.2, -0.15) is 0 Å². The monoisotopic (exact) mass is 147 g/mol. The first-order chi connectivity index (χ1) is 5.47. The molecule has 0 amide bonds. The first kappa shape index (κ1) is 6.83. The van der Waals surface area contributed by atoms with Gasteiger partial charge >= 0.3 is 0 Å². The van der Waals surface area contributed by atoms with Crippen molar-refractivity contribution in [2.75, 3.05) is 13.1 Å². The summed E-state index contributed by atoms with van der Waals surface area (Å²) in [7, 11) is 0. The van der Waals surface area contributed by atoms with E-state index in [0.29, 0.717) is 0 Å². The number of benzene rings is 1. The van der Waals surface area contributed by atoms with Crippen LogP contribution in [0.15, 0.2) is 30.3 Å². The molecule has 0 aromatic heterocycles. The summed E-state index contributed by atoms with van der Waals surface area (Å²) in [5.41, 5.74) is 1.27. The standard InChI is InChI=1S/C9H11N2/c1-2-4-8(5-3-1)9-10-6-7-11-9/h1-5,9-10H,6-7H2. The normalized spacial score (nSPS) is 18.9. The summed E-state index contributed by atoms with van der Waals surface area (Å²) in [5, 5.41) is 7.70. The number of nitrogens with zero attached hydrogens (tertiary/aromatic N) is 1. The molecule has 1 N–H and O–H groups in total. The fourth-order valence-corrected chi connectivity index (χ4v) is 1.32. The first-order valence-electron chi connectivity index (χ1n) is 3.92. The maximum atomic E-state index is 4.39. The lowest BCUT2D eigenvalue weighted by Gasteiger charge is -2.08. The third-order valence-corrected chi connectivity index (χ3v) is 1.88. The lowest BCUT2D eigenvalue weighted by molar-refractivity contribution is 0.579. The van der Waals surface area contributed by atoms with Gasteiger partial charge in [-0.25, -0.2) is 5.32 Å². The van der Waals surface area contributed by atoms with Crippen molar-refractivity contribution in [3.8, 4) is 0 Å². The molecule has 0 spiro atoms. The van der Waals surface area contributed by atoms with E-state index < -0.39 is 0 Å². The van der Waals surface area contributed by atoms with Gasteiger partial charge in [0.25, 0.3) is 0 Å². The van der Waals surface area contributed by atoms with Crippen LogP contribution >= 0.6 is 0 Å². The highest BCUT2D eigenvalue weighted by atomic mass is 15.2. The zero-order valence-electron chi connectivity index (χ0n) is 6.33. The van der Waals surface area contributed by atoms with E-state index in [1.807, 2.05) is 18.2 Å². The fraction of sp³-hybridized carbons (Fsp3) is 0.333. The third kappa shape index (κ3) is 1.42. The molecule has 1 fully saturated rings. The molecule has 0 aliphatic carbocycles. The molecule has 1 saturated heterocycles. The van der Waals surface area contributed by atoms with Crippen molar-refractivity contribution in [2.24, 2.45) is 0 Å². The Morgan fingerprint density at radius 3 is 2.73 bits per heavy atom. The Morgan fingerprint density at radius 2 is 2.09 bits per heavy atom. The van der Waals surface area contributed by atoms with Gasteiger partial charge in [-0.3, -0.25) is 5.32 Å². The fourth-order valence-electron chi connectivity index (χ4n) is 1.32. The van der Waals surface area contributed by atoms with E-state index >= 15 is 0 Å². The van der Waals surface area contributed by atoms with Gasteiger partial charge in [0, 0.05) is 13.1 Å². The average molecular weight is 147 g/mol. The molecule has 1 unspecified atom stereocenters. The molecule has 2 heteroatoms. The van der Waals surface area contributed by atoms with E-state index in [-0.39, 0.29) is 6.17 Å². The molecule has 1 atom stereocenters. The highest BCUT2D eigenvalue weighted by molar-refractivity contribution is 5.18. The van der Waals surface area contributed by atoms with E-state index in [4.69, 9.17) is 0 Å². The van der Waals surface area contributed by atoms with Gasteiger partial charge < -0.3 is 0 Å². The van der Waals surface area contributed by atoms with Gasteiger partial charge in [0.15, 0.2) is 0 Å². The molecule has 2 nitrogen and oxygen atoms in total. The van der Waals surface area contributed by atoms with Gasteiger partial charge in [-0.15, -0.1) is 0 Å². The van der Waals surface area contributed by atoms with E-state index in [2.05, 4.69) is 22.8 Å². The maximum Gasteiger partial charge on any atom is 0.0996 e. The second-order valence-corrected chi connectivity index (χ2v) is 2.67. The summed E-state index contributed by atoms with van der Waals surface area (Å²) >= 11 is 0. The van der Waals surface area contributed by atoms with Crippen molar-refractivity contribution in [3.05, 3.63) is 35.9 Å². The molecule has 0 saturated carbocycles. The minimum Gasteiger partial charge on any atom is -0.296 e. The molecule has 57 valence electrons. The lowest BCUT2D eigenvalue weighted by Crippen LogP contribution is -2.16. The Balaban J connectivity index is 2.16. The van der Waals surface area contributed by atoms with Crippen molar-refractivity contribution in [2.45, 2.75) is 6.17 Å². The zero-order valence-corrected chi connectivity index (χ0v) is 6.33. The molecular formula is C9H11N2. The molecule has 1 radical (unpaired) electrons. The summed E-state index contributed by atoms with van der Waals surface area (Å²) in [6.07, 6.45) is 0.246. The van der Waals surface area contributed by atoms with Gasteiger partial charge in [0.2, 0.25) is 0 Å². The van der Waals surface area contributed by atoms with Crippen molar-refractivity contribution in [1.82, 2.24) is 10.6 Å². The van der Waals surface area contributed by atoms with E-state index in [1.165, 1.54) is 5.56 Å². The minimum atomic E-state index is 0.246. The van der Waals surface area contributed by atoms with Crippen LogP contribution in [0.3, 0.4) is 0 Å². The highest BCUT2D eigenvalue weighted by Gasteiger charge is 2.15. The van der Waals surface area contributed by atoms with Crippen LogP contribution in [0.2, 0.25) is 0 Å². The van der Waals surface area contributed by atoms with Crippen LogP contribution in [-0.4, -0.2) is 13.1 Å². The predicted octanol–water partition coefficient (Wildman–Crippen LogP) is 0.893. The summed E-state index contributed by atoms with van der Waals surface area (Å²) in [6.45, 7) is 1.96. The van der Waals surface area contributed by atoms with Crippen LogP contribution in [0.25, 0.3) is 0 Å². The largest absolute Gasteiger partial charge is 0.296 e. The average Bonchev–Trinajstić information content (AvgIpc) is 2.58. The van der Waals surface area contributed by atoms with E-state index in [0.717, 1.165) is 13.1 Å². The van der Waals surface area contributed by atoms with Crippen molar-refractivity contribution >= 4 is 0 Å². The summed E-state index contributed by atoms with van der Waals surface area (Å²) in [6, 6.07) is 10.3. The summed E-state index contributed by atoms with van der Waals surface area (Å²) in [4.78, 5) is 0. The molecule has 2 rings (SSSR count). The van der Waals surface area contributed by atoms with Gasteiger partial charge in [-0.1, -0.05) is 30.3 Å². The molecule has 0 bridgehead atoms. The number of rotatable bonds is 1. The quantitative estimate of drug-likeness (QED) is 0.627. The second-order valence-electron chi connectivity index (χ2n) is 2.67. The lowest BCUT2D eigenvalue weighted by atomic mass is 10.2. The molecule has 1 aliphatic heterocycles. The maximum absolute atomic E-state index is 4.39. The van der Waals surface area contributed by atoms with Crippen LogP contribution < -0.4 is 10.6 Å². The Morgan fingerprint density at radius 1 is 1.27 bits per heavy atom. The number of nitrogens with one attached hydrogen (secondary N) is 1. The number of hydrogen-bond acceptors (Lipinski definition) is 1. The highest BCUT2D eigenvalue weighted by Crippen LogP contribution is 2.12. The topological polar surface area (TPSA) is 26.1 Å². The second kappa shape index (κ2) is 3.03. The van der Waals surface area contributed by atoms with Crippen molar-refractivity contribution in [1.29, 1.82) is 0 Å². The Bertz CT molecular complexity index is 214. The number of hydrogen-bond donors (Lipinski definition) is 1. The van der Waals surface area contributed by atoms with E-state index in [9.17, 15) is 0 Å². The minimum absolute atomic E-state index is 0.246. The SMILES string of the molecule is c1ccc(C2[N]CCN2)cc1. The van der Waals surface area contributed by atoms with E-state index in [1.54, 1.807) is 0 Å². The van der Waals surface area contributed by atoms with Crippen molar-refractivity contribution in [3.63, 3.8) is 0 Å². The molecule has 1 aromatic rings. The van der Waals surface area contributed by atoms with Crippen LogP contribution in [-0.2, 0) is 0 Å². The smallest absolute Gasteiger partial charge is 0.0996 e. The van der Waals surface area contributed by atoms with Gasteiger partial charge in [0.1, 0.15) is 0 Å². The Hall–Kier alpha value is -0.860. The Kier molecular flexibility index (Phi) is 1.88. The Labute approximate surface area is 66.6 Å². The first-order valence-corrected chi connectivity index (χ1v) is 3.92. The molecule has 1 heterocycles. The predicted molar refractivity (Wildman–Crippen MR) is 44.2 cm³/mol. The molecule has 1 aromatic carbocycles. The molecule has 11 heavy (non-hydrogen) atoms. The van der Waals surface area contributed by atoms with Crippen LogP contribution in [0.4, 0.5) is 0 Å². The third-order valence-electron chi connectivity index (χ3n) is 1.88. The van der Waals surface area contributed by atoms with Crippen molar-refractivity contribution < 1.29 is 0 Å². The van der Waals surface area contributed by atoms with Gasteiger partial charge in [0.05, 0.1) is 6.17 Å². The van der Waals surface area contributed by atoms with Gasteiger partial charge in [-0.05, 0) is 5.56 Å².